The van der Waals surface area contributed by atoms with Crippen molar-refractivity contribution in [2.24, 2.45) is 11.8 Å². The van der Waals surface area contributed by atoms with Crippen molar-refractivity contribution in [1.82, 2.24) is 10.2 Å². The number of ether oxygens (including phenoxy) is 1. The first-order valence-electron chi connectivity index (χ1n) is 9.27. The van der Waals surface area contributed by atoms with Crippen molar-refractivity contribution in [1.29, 1.82) is 0 Å². The standard InChI is InChI=1S/C20H29FN2O2/c1-20(2,3)25-19(24)23-12-15-5-4-6-18(17(15)13-23)22-11-14-7-9-16(21)10-8-14/h7-10,15,17-18,22H,4-6,11-13H2,1-3H3. The third kappa shape index (κ3) is 4.72. The van der Waals surface area contributed by atoms with Crippen molar-refractivity contribution < 1.29 is 13.9 Å². The molecule has 3 rings (SSSR count). The van der Waals surface area contributed by atoms with Crippen LogP contribution in [0, 0.1) is 17.7 Å². The predicted octanol–water partition coefficient (Wildman–Crippen LogP) is 3.95. The quantitative estimate of drug-likeness (QED) is 0.899. The molecule has 138 valence electrons. The summed E-state index contributed by atoms with van der Waals surface area (Å²) in [5.74, 6) is 0.818. The number of hydrogen-bond acceptors (Lipinski definition) is 3. The highest BCUT2D eigenvalue weighted by Crippen LogP contribution is 2.37. The molecule has 4 nitrogen and oxygen atoms in total. The summed E-state index contributed by atoms with van der Waals surface area (Å²) in [5, 5.41) is 3.64. The Morgan fingerprint density at radius 2 is 1.96 bits per heavy atom. The number of amides is 1. The predicted molar refractivity (Wildman–Crippen MR) is 95.7 cm³/mol. The van der Waals surface area contributed by atoms with Gasteiger partial charge in [-0.05, 0) is 63.1 Å². The van der Waals surface area contributed by atoms with Crippen LogP contribution in [0.25, 0.3) is 0 Å². The molecule has 1 heterocycles. The molecule has 0 spiro atoms. The van der Waals surface area contributed by atoms with Gasteiger partial charge in [0.2, 0.25) is 0 Å². The highest BCUT2D eigenvalue weighted by molar-refractivity contribution is 5.68. The first-order chi connectivity index (χ1) is 11.8. The maximum absolute atomic E-state index is 13.0. The fourth-order valence-electron chi connectivity index (χ4n) is 4.05. The van der Waals surface area contributed by atoms with Gasteiger partial charge >= 0.3 is 6.09 Å². The third-order valence-corrected chi connectivity index (χ3v) is 5.23. The lowest BCUT2D eigenvalue weighted by atomic mass is 9.78. The van der Waals surface area contributed by atoms with E-state index in [0.29, 0.717) is 17.9 Å². The van der Waals surface area contributed by atoms with E-state index < -0.39 is 5.60 Å². The van der Waals surface area contributed by atoms with Gasteiger partial charge in [0, 0.05) is 25.7 Å². The molecule has 1 aliphatic carbocycles. The Hall–Kier alpha value is -1.62. The molecule has 0 bridgehead atoms. The number of hydrogen-bond donors (Lipinski definition) is 1. The summed E-state index contributed by atoms with van der Waals surface area (Å²) in [5.41, 5.74) is 0.635. The first-order valence-corrected chi connectivity index (χ1v) is 9.27. The second kappa shape index (κ2) is 7.32. The normalized spacial score (nSPS) is 26.4. The van der Waals surface area contributed by atoms with Crippen molar-refractivity contribution in [2.75, 3.05) is 13.1 Å². The molecule has 1 N–H and O–H groups in total. The van der Waals surface area contributed by atoms with E-state index in [1.54, 1.807) is 0 Å². The van der Waals surface area contributed by atoms with Crippen molar-refractivity contribution in [2.45, 2.75) is 58.2 Å². The van der Waals surface area contributed by atoms with E-state index in [2.05, 4.69) is 5.32 Å². The zero-order valence-electron chi connectivity index (χ0n) is 15.4. The maximum atomic E-state index is 13.0. The molecular formula is C20H29FN2O2. The first kappa shape index (κ1) is 18.2. The summed E-state index contributed by atoms with van der Waals surface area (Å²) in [6.45, 7) is 8.01. The number of halogens is 1. The fraction of sp³-hybridized carbons (Fsp3) is 0.650. The monoisotopic (exact) mass is 348 g/mol. The van der Waals surface area contributed by atoms with Gasteiger partial charge in [-0.2, -0.15) is 0 Å². The van der Waals surface area contributed by atoms with Crippen LogP contribution in [0.1, 0.15) is 45.6 Å². The summed E-state index contributed by atoms with van der Waals surface area (Å²) in [4.78, 5) is 14.2. The molecule has 2 fully saturated rings. The van der Waals surface area contributed by atoms with E-state index in [1.807, 2.05) is 37.8 Å². The molecule has 1 aromatic carbocycles. The van der Waals surface area contributed by atoms with E-state index in [9.17, 15) is 9.18 Å². The maximum Gasteiger partial charge on any atom is 0.410 e. The molecule has 1 saturated heterocycles. The fourth-order valence-corrected chi connectivity index (χ4v) is 4.05. The topological polar surface area (TPSA) is 41.6 Å². The third-order valence-electron chi connectivity index (χ3n) is 5.23. The molecule has 3 atom stereocenters. The lowest BCUT2D eigenvalue weighted by Crippen LogP contribution is -2.42. The molecule has 0 aromatic heterocycles. The van der Waals surface area contributed by atoms with Crippen LogP contribution in [0.5, 0.6) is 0 Å². The average Bonchev–Trinajstić information content (AvgIpc) is 2.98. The molecular weight excluding hydrogens is 319 g/mol. The Labute approximate surface area is 149 Å². The van der Waals surface area contributed by atoms with Crippen LogP contribution in [-0.4, -0.2) is 35.7 Å². The van der Waals surface area contributed by atoms with Crippen LogP contribution in [0.3, 0.4) is 0 Å². The van der Waals surface area contributed by atoms with Gasteiger partial charge in [0.05, 0.1) is 0 Å². The second-order valence-electron chi connectivity index (χ2n) is 8.35. The van der Waals surface area contributed by atoms with Crippen LogP contribution in [0.2, 0.25) is 0 Å². The SMILES string of the molecule is CC(C)(C)OC(=O)N1CC2CCCC(NCc3ccc(F)cc3)C2C1. The Morgan fingerprint density at radius 3 is 2.64 bits per heavy atom. The zero-order valence-corrected chi connectivity index (χ0v) is 15.4. The van der Waals surface area contributed by atoms with Gasteiger partial charge < -0.3 is 15.0 Å². The number of nitrogens with zero attached hydrogens (tertiary/aromatic N) is 1. The van der Waals surface area contributed by atoms with Crippen molar-refractivity contribution in [3.05, 3.63) is 35.6 Å². The van der Waals surface area contributed by atoms with E-state index in [0.717, 1.165) is 31.6 Å². The number of benzene rings is 1. The van der Waals surface area contributed by atoms with Gasteiger partial charge in [-0.25, -0.2) is 9.18 Å². The summed E-state index contributed by atoms with van der Waals surface area (Å²) in [7, 11) is 0. The molecule has 25 heavy (non-hydrogen) atoms. The zero-order chi connectivity index (χ0) is 18.0. The molecule has 1 aromatic rings. The van der Waals surface area contributed by atoms with Crippen LogP contribution in [0.4, 0.5) is 9.18 Å². The van der Waals surface area contributed by atoms with Gasteiger partial charge in [-0.3, -0.25) is 0 Å². The van der Waals surface area contributed by atoms with Gasteiger partial charge in [0.25, 0.3) is 0 Å². The van der Waals surface area contributed by atoms with Gasteiger partial charge in [0.15, 0.2) is 0 Å². The number of carbonyl (C=O) groups is 1. The van der Waals surface area contributed by atoms with Crippen LogP contribution < -0.4 is 5.32 Å². The lowest BCUT2D eigenvalue weighted by Gasteiger charge is -2.33. The average molecular weight is 348 g/mol. The number of likely N-dealkylation sites (tertiary alicyclic amines) is 1. The lowest BCUT2D eigenvalue weighted by molar-refractivity contribution is 0.0283. The molecule has 1 aliphatic heterocycles. The minimum absolute atomic E-state index is 0.195. The number of nitrogens with one attached hydrogen (secondary N) is 1. The number of carbonyl (C=O) groups excluding carboxylic acids is 1. The number of fused-ring (bicyclic) bond motifs is 1. The molecule has 5 heteroatoms. The van der Waals surface area contributed by atoms with Crippen molar-refractivity contribution in [3.8, 4) is 0 Å². The van der Waals surface area contributed by atoms with E-state index in [-0.39, 0.29) is 11.9 Å². The van der Waals surface area contributed by atoms with Gasteiger partial charge in [-0.15, -0.1) is 0 Å². The second-order valence-corrected chi connectivity index (χ2v) is 8.35. The molecule has 1 amide bonds. The summed E-state index contributed by atoms with van der Waals surface area (Å²) in [6, 6.07) is 7.05. The Morgan fingerprint density at radius 1 is 1.24 bits per heavy atom. The number of rotatable bonds is 3. The Balaban J connectivity index is 1.57. The highest BCUT2D eigenvalue weighted by Gasteiger charge is 2.42. The smallest absolute Gasteiger partial charge is 0.410 e. The largest absolute Gasteiger partial charge is 0.444 e. The van der Waals surface area contributed by atoms with Crippen molar-refractivity contribution >= 4 is 6.09 Å². The molecule has 3 unspecified atom stereocenters. The van der Waals surface area contributed by atoms with Crippen LogP contribution in [-0.2, 0) is 11.3 Å². The van der Waals surface area contributed by atoms with Crippen molar-refractivity contribution in [3.63, 3.8) is 0 Å². The van der Waals surface area contributed by atoms with E-state index in [4.69, 9.17) is 4.74 Å². The molecule has 0 radical (unpaired) electrons. The minimum atomic E-state index is -0.453. The summed E-state index contributed by atoms with van der Waals surface area (Å²) in [6.07, 6.45) is 3.30. The van der Waals surface area contributed by atoms with Crippen LogP contribution >= 0.6 is 0 Å². The van der Waals surface area contributed by atoms with E-state index >= 15 is 0 Å². The molecule has 1 saturated carbocycles. The Kier molecular flexibility index (Phi) is 5.32. The molecule has 2 aliphatic rings. The van der Waals surface area contributed by atoms with Gasteiger partial charge in [-0.1, -0.05) is 18.6 Å². The summed E-state index contributed by atoms with van der Waals surface area (Å²) < 4.78 is 18.6. The van der Waals surface area contributed by atoms with Gasteiger partial charge in [0.1, 0.15) is 11.4 Å². The Bertz CT molecular complexity index is 597. The minimum Gasteiger partial charge on any atom is -0.444 e. The van der Waals surface area contributed by atoms with E-state index in [1.165, 1.54) is 25.0 Å². The highest BCUT2D eigenvalue weighted by atomic mass is 19.1. The summed E-state index contributed by atoms with van der Waals surface area (Å²) >= 11 is 0. The van der Waals surface area contributed by atoms with Crippen LogP contribution in [0.15, 0.2) is 24.3 Å².